The monoisotopic (exact) mass is 470 g/mol. The molecule has 0 aliphatic carbocycles. The molecule has 0 saturated carbocycles. The number of hydrogen-bond acceptors (Lipinski definition) is 7. The van der Waals surface area contributed by atoms with E-state index in [4.69, 9.17) is 19.4 Å². The van der Waals surface area contributed by atoms with Crippen molar-refractivity contribution >= 4 is 26.6 Å². The third-order valence-electron chi connectivity index (χ3n) is 6.89. The standard InChI is InChI=1S/C24H30N4O4S/c1-16-13-19-18(5-4-6-20(19)25-16)23-26-21(24(33(3,29)30)7-10-31-11-8-24)14-22(27-23)28-9-12-32-15-17(28)2/h4-6,13-14,17,25H,7-12,15H2,1-3H3. The smallest absolute Gasteiger partial charge is 0.162 e. The van der Waals surface area contributed by atoms with E-state index in [2.05, 4.69) is 22.9 Å². The van der Waals surface area contributed by atoms with Gasteiger partial charge in [0.15, 0.2) is 15.7 Å². The molecule has 2 aliphatic rings. The van der Waals surface area contributed by atoms with Crippen molar-refractivity contribution in [1.29, 1.82) is 0 Å². The summed E-state index contributed by atoms with van der Waals surface area (Å²) in [6.07, 6.45) is 2.08. The topological polar surface area (TPSA) is 97.4 Å². The number of morpholine rings is 1. The Balaban J connectivity index is 1.75. The van der Waals surface area contributed by atoms with Gasteiger partial charge in [0.25, 0.3) is 0 Å². The van der Waals surface area contributed by atoms with Gasteiger partial charge in [-0.15, -0.1) is 0 Å². The molecule has 176 valence electrons. The quantitative estimate of drug-likeness (QED) is 0.625. The minimum Gasteiger partial charge on any atom is -0.381 e. The van der Waals surface area contributed by atoms with Crippen molar-refractivity contribution in [2.45, 2.75) is 37.5 Å². The van der Waals surface area contributed by atoms with Gasteiger partial charge in [-0.2, -0.15) is 0 Å². The van der Waals surface area contributed by atoms with E-state index < -0.39 is 14.6 Å². The number of aromatic nitrogens is 3. The van der Waals surface area contributed by atoms with Crippen LogP contribution in [0.25, 0.3) is 22.3 Å². The second-order valence-electron chi connectivity index (χ2n) is 9.15. The number of aryl methyl sites for hydroxylation is 1. The molecule has 2 aromatic heterocycles. The van der Waals surface area contributed by atoms with Crippen molar-refractivity contribution in [3.63, 3.8) is 0 Å². The highest BCUT2D eigenvalue weighted by molar-refractivity contribution is 7.91. The Morgan fingerprint density at radius 2 is 1.91 bits per heavy atom. The third kappa shape index (κ3) is 3.92. The fraction of sp³-hybridized carbons (Fsp3) is 0.500. The van der Waals surface area contributed by atoms with Gasteiger partial charge in [-0.05, 0) is 38.8 Å². The second-order valence-corrected chi connectivity index (χ2v) is 11.5. The average Bonchev–Trinajstić information content (AvgIpc) is 3.19. The Hall–Kier alpha value is -2.49. The first-order valence-corrected chi connectivity index (χ1v) is 13.3. The maximum Gasteiger partial charge on any atom is 0.162 e. The minimum atomic E-state index is -3.46. The summed E-state index contributed by atoms with van der Waals surface area (Å²) < 4.78 is 36.4. The Labute approximate surface area is 194 Å². The summed E-state index contributed by atoms with van der Waals surface area (Å²) in [5, 5.41) is 1.02. The number of aromatic amines is 1. The minimum absolute atomic E-state index is 0.128. The highest BCUT2D eigenvalue weighted by Crippen LogP contribution is 2.41. The zero-order valence-electron chi connectivity index (χ0n) is 19.3. The van der Waals surface area contributed by atoms with Gasteiger partial charge in [-0.3, -0.25) is 0 Å². The van der Waals surface area contributed by atoms with Gasteiger partial charge in [0.05, 0.1) is 24.9 Å². The number of nitrogens with one attached hydrogen (secondary N) is 1. The molecule has 2 aliphatic heterocycles. The van der Waals surface area contributed by atoms with Crippen LogP contribution in [0, 0.1) is 6.92 Å². The van der Waals surface area contributed by atoms with Crippen molar-refractivity contribution in [2.24, 2.45) is 0 Å². The van der Waals surface area contributed by atoms with Gasteiger partial charge in [0.1, 0.15) is 10.6 Å². The van der Waals surface area contributed by atoms with E-state index in [-0.39, 0.29) is 6.04 Å². The molecule has 0 amide bonds. The summed E-state index contributed by atoms with van der Waals surface area (Å²) in [5.41, 5.74) is 3.49. The summed E-state index contributed by atoms with van der Waals surface area (Å²) in [5.74, 6) is 1.28. The molecule has 2 saturated heterocycles. The molecule has 4 heterocycles. The summed E-state index contributed by atoms with van der Waals surface area (Å²) in [4.78, 5) is 15.5. The number of ether oxygens (including phenoxy) is 2. The number of fused-ring (bicyclic) bond motifs is 1. The van der Waals surface area contributed by atoms with Crippen LogP contribution < -0.4 is 4.90 Å². The van der Waals surface area contributed by atoms with Crippen LogP contribution in [0.1, 0.15) is 31.2 Å². The van der Waals surface area contributed by atoms with Crippen LogP contribution in [0.15, 0.2) is 30.3 Å². The Morgan fingerprint density at radius 1 is 1.12 bits per heavy atom. The molecule has 3 aromatic rings. The van der Waals surface area contributed by atoms with Crippen LogP contribution in [0.3, 0.4) is 0 Å². The maximum absolute atomic E-state index is 13.2. The van der Waals surface area contributed by atoms with Crippen LogP contribution >= 0.6 is 0 Å². The number of rotatable bonds is 4. The van der Waals surface area contributed by atoms with Gasteiger partial charge in [-0.25, -0.2) is 18.4 Å². The van der Waals surface area contributed by atoms with Gasteiger partial charge < -0.3 is 19.4 Å². The van der Waals surface area contributed by atoms with Gasteiger partial charge in [-0.1, -0.05) is 12.1 Å². The van der Waals surface area contributed by atoms with Crippen molar-refractivity contribution in [1.82, 2.24) is 15.0 Å². The number of hydrogen-bond donors (Lipinski definition) is 1. The first-order valence-electron chi connectivity index (χ1n) is 11.4. The molecule has 1 atom stereocenters. The first-order chi connectivity index (χ1) is 15.8. The predicted molar refractivity (Wildman–Crippen MR) is 128 cm³/mol. The fourth-order valence-corrected chi connectivity index (χ4v) is 6.40. The Morgan fingerprint density at radius 3 is 2.64 bits per heavy atom. The Kier molecular flexibility index (Phi) is 5.66. The lowest BCUT2D eigenvalue weighted by Gasteiger charge is -2.37. The molecule has 1 unspecified atom stereocenters. The second kappa shape index (κ2) is 8.38. The van der Waals surface area contributed by atoms with Crippen LogP contribution in [0.2, 0.25) is 0 Å². The maximum atomic E-state index is 13.2. The molecule has 1 N–H and O–H groups in total. The molecule has 0 bridgehead atoms. The zero-order chi connectivity index (χ0) is 23.2. The number of anilines is 1. The van der Waals surface area contributed by atoms with E-state index in [1.54, 1.807) is 0 Å². The highest BCUT2D eigenvalue weighted by atomic mass is 32.2. The third-order valence-corrected chi connectivity index (χ3v) is 8.93. The summed E-state index contributed by atoms with van der Waals surface area (Å²) in [7, 11) is -3.46. The lowest BCUT2D eigenvalue weighted by molar-refractivity contribution is 0.0731. The zero-order valence-corrected chi connectivity index (χ0v) is 20.1. The van der Waals surface area contributed by atoms with E-state index >= 15 is 0 Å². The molecule has 9 heteroatoms. The molecule has 8 nitrogen and oxygen atoms in total. The van der Waals surface area contributed by atoms with Crippen molar-refractivity contribution in [3.05, 3.63) is 41.7 Å². The largest absolute Gasteiger partial charge is 0.381 e. The number of nitrogens with zero attached hydrogens (tertiary/aromatic N) is 3. The molecule has 0 radical (unpaired) electrons. The first kappa shape index (κ1) is 22.3. The van der Waals surface area contributed by atoms with Gasteiger partial charge >= 0.3 is 0 Å². The van der Waals surface area contributed by atoms with Crippen molar-refractivity contribution in [3.8, 4) is 11.4 Å². The number of sulfone groups is 1. The molecule has 5 rings (SSSR count). The average molecular weight is 471 g/mol. The summed E-state index contributed by atoms with van der Waals surface area (Å²) in [6, 6.07) is 10.1. The van der Waals surface area contributed by atoms with Crippen molar-refractivity contribution < 1.29 is 17.9 Å². The van der Waals surface area contributed by atoms with E-state index in [0.717, 1.165) is 28.0 Å². The van der Waals surface area contributed by atoms with Gasteiger partial charge in [0, 0.05) is 54.2 Å². The molecule has 2 fully saturated rings. The SMILES string of the molecule is Cc1cc2c(-c3nc(N4CCOCC4C)cc(C4(S(C)(=O)=O)CCOCC4)n3)cccc2[nH]1. The summed E-state index contributed by atoms with van der Waals surface area (Å²) >= 11 is 0. The van der Waals surface area contributed by atoms with Gasteiger partial charge in [0.2, 0.25) is 0 Å². The fourth-order valence-electron chi connectivity index (χ4n) is 5.01. The van der Waals surface area contributed by atoms with E-state index in [9.17, 15) is 8.42 Å². The van der Waals surface area contributed by atoms with E-state index in [0.29, 0.717) is 57.3 Å². The summed E-state index contributed by atoms with van der Waals surface area (Å²) in [6.45, 7) is 6.80. The molecule has 0 spiro atoms. The Bertz CT molecular complexity index is 1280. The number of H-pyrrole nitrogens is 1. The molecule has 1 aromatic carbocycles. The lowest BCUT2D eigenvalue weighted by atomic mass is 9.94. The number of benzene rings is 1. The lowest BCUT2D eigenvalue weighted by Crippen LogP contribution is -2.45. The van der Waals surface area contributed by atoms with E-state index in [1.165, 1.54) is 6.26 Å². The predicted octanol–water partition coefficient (Wildman–Crippen LogP) is 3.21. The molecular formula is C24H30N4O4S. The van der Waals surface area contributed by atoms with Crippen LogP contribution in [0.4, 0.5) is 5.82 Å². The van der Waals surface area contributed by atoms with Crippen LogP contribution in [-0.2, 0) is 24.1 Å². The van der Waals surface area contributed by atoms with Crippen LogP contribution in [-0.4, -0.2) is 68.6 Å². The molecular weight excluding hydrogens is 440 g/mol. The van der Waals surface area contributed by atoms with E-state index in [1.807, 2.05) is 31.2 Å². The molecule has 33 heavy (non-hydrogen) atoms. The highest BCUT2D eigenvalue weighted by Gasteiger charge is 2.46. The normalized spacial score (nSPS) is 21.4. The van der Waals surface area contributed by atoms with Crippen molar-refractivity contribution in [2.75, 3.05) is 44.1 Å². The van der Waals surface area contributed by atoms with Crippen LogP contribution in [0.5, 0.6) is 0 Å².